The molecule has 0 radical (unpaired) electrons. The molecule has 1 rings (SSSR count). The van der Waals surface area contributed by atoms with Gasteiger partial charge >= 0.3 is 0 Å². The fourth-order valence-electron chi connectivity index (χ4n) is 1.63. The molecule has 0 fully saturated rings. The first-order chi connectivity index (χ1) is 8.81. The molecule has 106 valence electrons. The monoisotopic (exact) mass is 328 g/mol. The van der Waals surface area contributed by atoms with E-state index in [-0.39, 0.29) is 18.0 Å². The zero-order valence-corrected chi connectivity index (χ0v) is 13.3. The number of hydrogen-bond donors (Lipinski definition) is 2. The Morgan fingerprint density at radius 2 is 1.95 bits per heavy atom. The van der Waals surface area contributed by atoms with Gasteiger partial charge in [-0.15, -0.1) is 0 Å². The summed E-state index contributed by atoms with van der Waals surface area (Å²) in [6.45, 7) is 7.44. The van der Waals surface area contributed by atoms with Crippen molar-refractivity contribution in [2.45, 2.75) is 45.9 Å². The summed E-state index contributed by atoms with van der Waals surface area (Å²) in [6.07, 6.45) is -0.561. The fraction of sp³-hybridized carbons (Fsp3) is 0.500. The van der Waals surface area contributed by atoms with Crippen LogP contribution in [0.4, 0.5) is 0 Å². The third-order valence-corrected chi connectivity index (χ3v) is 3.06. The number of benzene rings is 1. The van der Waals surface area contributed by atoms with Gasteiger partial charge in [0.1, 0.15) is 5.75 Å². The number of nitrogens with two attached hydrogens (primary N) is 1. The third-order valence-electron chi connectivity index (χ3n) is 2.57. The quantitative estimate of drug-likeness (QED) is 0.873. The van der Waals surface area contributed by atoms with Crippen molar-refractivity contribution < 1.29 is 9.53 Å². The van der Waals surface area contributed by atoms with Crippen LogP contribution in [0.15, 0.2) is 22.7 Å². The van der Waals surface area contributed by atoms with E-state index in [1.807, 2.05) is 39.0 Å². The van der Waals surface area contributed by atoms with Crippen LogP contribution in [0.3, 0.4) is 0 Å². The molecule has 0 aromatic heterocycles. The smallest absolute Gasteiger partial charge is 0.260 e. The molecule has 5 heteroatoms. The molecule has 1 aromatic carbocycles. The average Bonchev–Trinajstić information content (AvgIpc) is 2.27. The second-order valence-electron chi connectivity index (χ2n) is 4.89. The van der Waals surface area contributed by atoms with Gasteiger partial charge in [-0.3, -0.25) is 4.79 Å². The molecule has 0 aliphatic carbocycles. The predicted molar refractivity (Wildman–Crippen MR) is 80.1 cm³/mol. The minimum atomic E-state index is -0.561. The molecular weight excluding hydrogens is 308 g/mol. The van der Waals surface area contributed by atoms with Crippen molar-refractivity contribution in [3.05, 3.63) is 28.2 Å². The highest BCUT2D eigenvalue weighted by molar-refractivity contribution is 9.10. The highest BCUT2D eigenvalue weighted by Crippen LogP contribution is 2.28. The maximum absolute atomic E-state index is 11.8. The average molecular weight is 329 g/mol. The van der Waals surface area contributed by atoms with E-state index in [0.717, 1.165) is 10.0 Å². The standard InChI is InChI=1S/C14H21BrN2O2/c1-8(2)17-14(18)10(4)19-13-7-11(15)5-6-12(13)9(3)16/h5-10H,16H2,1-4H3,(H,17,18). The van der Waals surface area contributed by atoms with Gasteiger partial charge in [-0.05, 0) is 39.8 Å². The minimum Gasteiger partial charge on any atom is -0.481 e. The van der Waals surface area contributed by atoms with Crippen molar-refractivity contribution in [2.75, 3.05) is 0 Å². The van der Waals surface area contributed by atoms with Crippen LogP contribution in [0.5, 0.6) is 5.75 Å². The van der Waals surface area contributed by atoms with E-state index in [1.54, 1.807) is 6.92 Å². The Kier molecular flexibility index (Phi) is 5.82. The SMILES string of the molecule is CC(C)NC(=O)C(C)Oc1cc(Br)ccc1C(C)N. The number of carbonyl (C=O) groups is 1. The van der Waals surface area contributed by atoms with Crippen molar-refractivity contribution in [1.82, 2.24) is 5.32 Å². The van der Waals surface area contributed by atoms with Gasteiger partial charge in [0.05, 0.1) is 0 Å². The normalized spacial score (nSPS) is 14.1. The van der Waals surface area contributed by atoms with E-state index in [2.05, 4.69) is 21.2 Å². The molecule has 2 atom stereocenters. The predicted octanol–water partition coefficient (Wildman–Crippen LogP) is 2.76. The highest BCUT2D eigenvalue weighted by atomic mass is 79.9. The summed E-state index contributed by atoms with van der Waals surface area (Å²) in [7, 11) is 0. The molecule has 0 aliphatic heterocycles. The van der Waals surface area contributed by atoms with Crippen LogP contribution < -0.4 is 15.8 Å². The molecule has 0 heterocycles. The topological polar surface area (TPSA) is 64.3 Å². The molecule has 19 heavy (non-hydrogen) atoms. The molecule has 3 N–H and O–H groups in total. The summed E-state index contributed by atoms with van der Waals surface area (Å²) < 4.78 is 6.62. The largest absolute Gasteiger partial charge is 0.481 e. The molecule has 1 aromatic rings. The molecule has 0 saturated heterocycles. The van der Waals surface area contributed by atoms with Gasteiger partial charge in [0, 0.05) is 22.1 Å². The second-order valence-corrected chi connectivity index (χ2v) is 5.81. The number of ether oxygens (including phenoxy) is 1. The van der Waals surface area contributed by atoms with Crippen LogP contribution >= 0.6 is 15.9 Å². The lowest BCUT2D eigenvalue weighted by atomic mass is 10.1. The highest BCUT2D eigenvalue weighted by Gasteiger charge is 2.18. The minimum absolute atomic E-state index is 0.0916. The number of carbonyl (C=O) groups excluding carboxylic acids is 1. The first-order valence-corrected chi connectivity index (χ1v) is 7.12. The third kappa shape index (κ3) is 4.84. The lowest BCUT2D eigenvalue weighted by Crippen LogP contribution is -2.40. The second kappa shape index (κ2) is 6.91. The van der Waals surface area contributed by atoms with Gasteiger partial charge in [-0.2, -0.15) is 0 Å². The van der Waals surface area contributed by atoms with Gasteiger partial charge in [0.15, 0.2) is 6.10 Å². The Hall–Kier alpha value is -1.07. The molecule has 2 unspecified atom stereocenters. The van der Waals surface area contributed by atoms with Crippen molar-refractivity contribution in [2.24, 2.45) is 5.73 Å². The van der Waals surface area contributed by atoms with Gasteiger partial charge in [0.25, 0.3) is 5.91 Å². The molecule has 4 nitrogen and oxygen atoms in total. The zero-order valence-electron chi connectivity index (χ0n) is 11.7. The van der Waals surface area contributed by atoms with E-state index in [1.165, 1.54) is 0 Å². The van der Waals surface area contributed by atoms with E-state index in [9.17, 15) is 4.79 Å². The Bertz CT molecular complexity index is 447. The fourth-order valence-corrected chi connectivity index (χ4v) is 1.97. The van der Waals surface area contributed by atoms with E-state index in [0.29, 0.717) is 5.75 Å². The molecule has 0 aliphatic rings. The van der Waals surface area contributed by atoms with E-state index in [4.69, 9.17) is 10.5 Å². The molecule has 0 spiro atoms. The van der Waals surface area contributed by atoms with Crippen molar-refractivity contribution in [1.29, 1.82) is 0 Å². The Morgan fingerprint density at radius 1 is 1.32 bits per heavy atom. The Labute approximate surface area is 122 Å². The van der Waals surface area contributed by atoms with Crippen LogP contribution in [-0.2, 0) is 4.79 Å². The van der Waals surface area contributed by atoms with E-state index >= 15 is 0 Å². The van der Waals surface area contributed by atoms with Gasteiger partial charge in [-0.1, -0.05) is 22.0 Å². The maximum Gasteiger partial charge on any atom is 0.260 e. The van der Waals surface area contributed by atoms with Crippen LogP contribution in [-0.4, -0.2) is 18.1 Å². The summed E-state index contributed by atoms with van der Waals surface area (Å²) >= 11 is 3.39. The number of amides is 1. The van der Waals surface area contributed by atoms with E-state index < -0.39 is 6.10 Å². The number of rotatable bonds is 5. The molecule has 1 amide bonds. The summed E-state index contributed by atoms with van der Waals surface area (Å²) in [6, 6.07) is 5.58. The number of hydrogen-bond acceptors (Lipinski definition) is 3. The maximum atomic E-state index is 11.8. The molecule has 0 bridgehead atoms. The summed E-state index contributed by atoms with van der Waals surface area (Å²) in [5.41, 5.74) is 6.78. The van der Waals surface area contributed by atoms with Crippen LogP contribution in [0.2, 0.25) is 0 Å². The zero-order chi connectivity index (χ0) is 14.6. The van der Waals surface area contributed by atoms with Crippen LogP contribution in [0.1, 0.15) is 39.3 Å². The van der Waals surface area contributed by atoms with Gasteiger partial charge in [-0.25, -0.2) is 0 Å². The lowest BCUT2D eigenvalue weighted by molar-refractivity contribution is -0.127. The lowest BCUT2D eigenvalue weighted by Gasteiger charge is -2.20. The van der Waals surface area contributed by atoms with Gasteiger partial charge in [0.2, 0.25) is 0 Å². The van der Waals surface area contributed by atoms with Crippen LogP contribution in [0.25, 0.3) is 0 Å². The van der Waals surface area contributed by atoms with Crippen molar-refractivity contribution >= 4 is 21.8 Å². The Balaban J connectivity index is 2.86. The number of halogens is 1. The first-order valence-electron chi connectivity index (χ1n) is 6.33. The summed E-state index contributed by atoms with van der Waals surface area (Å²) in [5.74, 6) is 0.501. The molecular formula is C14H21BrN2O2. The van der Waals surface area contributed by atoms with Crippen molar-refractivity contribution in [3.8, 4) is 5.75 Å². The summed E-state index contributed by atoms with van der Waals surface area (Å²) in [4.78, 5) is 11.8. The van der Waals surface area contributed by atoms with Crippen LogP contribution in [0, 0.1) is 0 Å². The van der Waals surface area contributed by atoms with Gasteiger partial charge < -0.3 is 15.8 Å². The van der Waals surface area contributed by atoms with Crippen molar-refractivity contribution in [3.63, 3.8) is 0 Å². The molecule has 0 saturated carbocycles. The summed E-state index contributed by atoms with van der Waals surface area (Å²) in [5, 5.41) is 2.82. The first kappa shape index (κ1) is 16.0. The number of nitrogens with one attached hydrogen (secondary N) is 1. The Morgan fingerprint density at radius 3 is 2.47 bits per heavy atom.